The summed E-state index contributed by atoms with van der Waals surface area (Å²) in [6.45, 7) is 1.81. The minimum atomic E-state index is -4.10. The zero-order valence-electron chi connectivity index (χ0n) is 9.67. The molecule has 2 rings (SSSR count). The van der Waals surface area contributed by atoms with E-state index in [1.165, 1.54) is 0 Å². The Hall–Kier alpha value is -1.20. The molecule has 0 spiro atoms. The number of anilines is 1. The van der Waals surface area contributed by atoms with E-state index < -0.39 is 12.1 Å². The second-order valence-electron chi connectivity index (χ2n) is 4.72. The average molecular weight is 247 g/mol. The van der Waals surface area contributed by atoms with Crippen molar-refractivity contribution < 1.29 is 13.2 Å². The molecule has 3 nitrogen and oxygen atoms in total. The summed E-state index contributed by atoms with van der Waals surface area (Å²) in [5.41, 5.74) is 6.63. The van der Waals surface area contributed by atoms with Crippen molar-refractivity contribution in [3.8, 4) is 0 Å². The third-order valence-corrected chi connectivity index (χ3v) is 3.48. The normalized spacial score (nSPS) is 26.1. The Kier molecular flexibility index (Phi) is 3.05. The van der Waals surface area contributed by atoms with Crippen LogP contribution in [-0.4, -0.2) is 16.0 Å². The van der Waals surface area contributed by atoms with E-state index in [9.17, 15) is 13.2 Å². The van der Waals surface area contributed by atoms with Gasteiger partial charge >= 0.3 is 6.18 Å². The van der Waals surface area contributed by atoms with Crippen LogP contribution in [0.4, 0.5) is 19.0 Å². The SMILES string of the molecule is Cc1cnn(C2CCCC(C(F)(F)F)C2)c1N. The van der Waals surface area contributed by atoms with Gasteiger partial charge in [0.1, 0.15) is 5.82 Å². The molecule has 6 heteroatoms. The maximum Gasteiger partial charge on any atom is 0.391 e. The first-order chi connectivity index (χ1) is 7.89. The van der Waals surface area contributed by atoms with E-state index in [0.29, 0.717) is 12.2 Å². The van der Waals surface area contributed by atoms with Gasteiger partial charge in [0, 0.05) is 5.56 Å². The Morgan fingerprint density at radius 1 is 1.41 bits per heavy atom. The number of aryl methyl sites for hydroxylation is 1. The molecule has 0 aliphatic heterocycles. The highest BCUT2D eigenvalue weighted by Crippen LogP contribution is 2.42. The second-order valence-corrected chi connectivity index (χ2v) is 4.72. The molecule has 2 unspecified atom stereocenters. The molecule has 17 heavy (non-hydrogen) atoms. The van der Waals surface area contributed by atoms with Gasteiger partial charge in [0.25, 0.3) is 0 Å². The van der Waals surface area contributed by atoms with Crippen LogP contribution in [0, 0.1) is 12.8 Å². The van der Waals surface area contributed by atoms with Gasteiger partial charge < -0.3 is 5.73 Å². The first-order valence-electron chi connectivity index (χ1n) is 5.76. The van der Waals surface area contributed by atoms with Crippen molar-refractivity contribution in [3.05, 3.63) is 11.8 Å². The largest absolute Gasteiger partial charge is 0.391 e. The molecule has 96 valence electrons. The highest BCUT2D eigenvalue weighted by molar-refractivity contribution is 5.37. The van der Waals surface area contributed by atoms with Crippen LogP contribution in [0.1, 0.15) is 37.3 Å². The van der Waals surface area contributed by atoms with Crippen molar-refractivity contribution in [1.82, 2.24) is 9.78 Å². The van der Waals surface area contributed by atoms with Crippen LogP contribution in [0.3, 0.4) is 0 Å². The van der Waals surface area contributed by atoms with Gasteiger partial charge in [0.2, 0.25) is 0 Å². The van der Waals surface area contributed by atoms with Crippen LogP contribution >= 0.6 is 0 Å². The zero-order chi connectivity index (χ0) is 12.6. The second kappa shape index (κ2) is 4.23. The van der Waals surface area contributed by atoms with Crippen molar-refractivity contribution in [3.63, 3.8) is 0 Å². The van der Waals surface area contributed by atoms with E-state index in [-0.39, 0.29) is 18.9 Å². The summed E-state index contributed by atoms with van der Waals surface area (Å²) >= 11 is 0. The summed E-state index contributed by atoms with van der Waals surface area (Å²) < 4.78 is 39.6. The Labute approximate surface area is 97.8 Å². The fourth-order valence-electron chi connectivity index (χ4n) is 2.43. The van der Waals surface area contributed by atoms with Gasteiger partial charge in [-0.05, 0) is 26.2 Å². The molecule has 1 heterocycles. The van der Waals surface area contributed by atoms with Crippen LogP contribution < -0.4 is 5.73 Å². The van der Waals surface area contributed by atoms with Gasteiger partial charge in [-0.25, -0.2) is 4.68 Å². The van der Waals surface area contributed by atoms with Crippen molar-refractivity contribution >= 4 is 5.82 Å². The molecule has 1 aromatic heterocycles. The number of aromatic nitrogens is 2. The highest BCUT2D eigenvalue weighted by atomic mass is 19.4. The summed E-state index contributed by atoms with van der Waals surface area (Å²) in [6.07, 6.45) is -0.887. The highest BCUT2D eigenvalue weighted by Gasteiger charge is 2.42. The number of nitrogen functional groups attached to an aromatic ring is 1. The van der Waals surface area contributed by atoms with Gasteiger partial charge in [-0.3, -0.25) is 0 Å². The minimum Gasteiger partial charge on any atom is -0.384 e. The molecule has 0 bridgehead atoms. The lowest BCUT2D eigenvalue weighted by molar-refractivity contribution is -0.185. The first-order valence-corrected chi connectivity index (χ1v) is 5.76. The molecule has 0 amide bonds. The molecule has 0 aromatic carbocycles. The summed E-state index contributed by atoms with van der Waals surface area (Å²) in [5.74, 6) is -0.733. The van der Waals surface area contributed by atoms with Gasteiger partial charge in [-0.2, -0.15) is 18.3 Å². The van der Waals surface area contributed by atoms with E-state index in [1.807, 2.05) is 6.92 Å². The quantitative estimate of drug-likeness (QED) is 0.828. The van der Waals surface area contributed by atoms with Crippen LogP contribution in [0.15, 0.2) is 6.20 Å². The summed E-state index contributed by atoms with van der Waals surface area (Å²) in [7, 11) is 0. The number of hydrogen-bond acceptors (Lipinski definition) is 2. The molecule has 1 aromatic rings. The molecule has 0 saturated heterocycles. The van der Waals surface area contributed by atoms with Crippen LogP contribution in [0.25, 0.3) is 0 Å². The molecule has 2 atom stereocenters. The number of halogens is 3. The predicted octanol–water partition coefficient (Wildman–Crippen LogP) is 3.07. The lowest BCUT2D eigenvalue weighted by Crippen LogP contribution is -2.30. The van der Waals surface area contributed by atoms with Gasteiger partial charge in [-0.1, -0.05) is 6.42 Å². The molecule has 1 aliphatic carbocycles. The van der Waals surface area contributed by atoms with Gasteiger partial charge in [0.15, 0.2) is 0 Å². The minimum absolute atomic E-state index is 0.0921. The molecule has 2 N–H and O–H groups in total. The standard InChI is InChI=1S/C11H16F3N3/c1-7-6-16-17(10(7)15)9-4-2-3-8(5-9)11(12,13)14/h6,8-9H,2-5,15H2,1H3. The van der Waals surface area contributed by atoms with E-state index in [0.717, 1.165) is 12.0 Å². The van der Waals surface area contributed by atoms with Crippen LogP contribution in [0.2, 0.25) is 0 Å². The lowest BCUT2D eigenvalue weighted by atomic mass is 9.85. The van der Waals surface area contributed by atoms with Crippen molar-refractivity contribution in [2.45, 2.75) is 44.8 Å². The number of nitrogens with two attached hydrogens (primary N) is 1. The summed E-state index contributed by atoms with van der Waals surface area (Å²) in [5, 5.41) is 4.08. The number of alkyl halides is 3. The topological polar surface area (TPSA) is 43.8 Å². The van der Waals surface area contributed by atoms with E-state index >= 15 is 0 Å². The average Bonchev–Trinajstić information content (AvgIpc) is 2.59. The molecule has 1 aliphatic rings. The maximum absolute atomic E-state index is 12.7. The first kappa shape index (κ1) is 12.3. The monoisotopic (exact) mass is 247 g/mol. The Morgan fingerprint density at radius 3 is 2.65 bits per heavy atom. The summed E-state index contributed by atoms with van der Waals surface area (Å²) in [4.78, 5) is 0. The molecular weight excluding hydrogens is 231 g/mol. The molecular formula is C11H16F3N3. The fourth-order valence-corrected chi connectivity index (χ4v) is 2.43. The number of hydrogen-bond donors (Lipinski definition) is 1. The van der Waals surface area contributed by atoms with E-state index in [1.54, 1.807) is 10.9 Å². The van der Waals surface area contributed by atoms with Crippen LogP contribution in [-0.2, 0) is 0 Å². The molecule has 1 fully saturated rings. The van der Waals surface area contributed by atoms with Gasteiger partial charge in [-0.15, -0.1) is 0 Å². The zero-order valence-corrected chi connectivity index (χ0v) is 9.67. The predicted molar refractivity (Wildman–Crippen MR) is 58.4 cm³/mol. The Morgan fingerprint density at radius 2 is 2.12 bits per heavy atom. The third kappa shape index (κ3) is 2.40. The smallest absolute Gasteiger partial charge is 0.384 e. The van der Waals surface area contributed by atoms with Crippen LogP contribution in [0.5, 0.6) is 0 Å². The number of rotatable bonds is 1. The molecule has 0 radical (unpaired) electrons. The third-order valence-electron chi connectivity index (χ3n) is 3.48. The maximum atomic E-state index is 12.7. The summed E-state index contributed by atoms with van der Waals surface area (Å²) in [6, 6.07) is -0.218. The Bertz CT molecular complexity index is 397. The molecule has 1 saturated carbocycles. The van der Waals surface area contributed by atoms with E-state index in [4.69, 9.17) is 5.73 Å². The fraction of sp³-hybridized carbons (Fsp3) is 0.727. The van der Waals surface area contributed by atoms with Gasteiger partial charge in [0.05, 0.1) is 18.2 Å². The lowest BCUT2D eigenvalue weighted by Gasteiger charge is -2.31. The van der Waals surface area contributed by atoms with Crippen molar-refractivity contribution in [2.75, 3.05) is 5.73 Å². The Balaban J connectivity index is 2.15. The van der Waals surface area contributed by atoms with Crippen molar-refractivity contribution in [2.24, 2.45) is 5.92 Å². The number of nitrogens with zero attached hydrogens (tertiary/aromatic N) is 2. The van der Waals surface area contributed by atoms with E-state index in [2.05, 4.69) is 5.10 Å². The van der Waals surface area contributed by atoms with Crippen molar-refractivity contribution in [1.29, 1.82) is 0 Å².